The highest BCUT2D eigenvalue weighted by Crippen LogP contribution is 2.24. The molecular weight excluding hydrogens is 202 g/mol. The number of hydrogen-bond acceptors (Lipinski definition) is 3. The Balaban J connectivity index is 1.70. The lowest BCUT2D eigenvalue weighted by Crippen LogP contribution is -2.33. The van der Waals surface area contributed by atoms with Crippen molar-refractivity contribution in [2.75, 3.05) is 26.3 Å². The lowest BCUT2D eigenvalue weighted by atomic mass is 10.0. The van der Waals surface area contributed by atoms with Crippen LogP contribution in [0.2, 0.25) is 0 Å². The zero-order chi connectivity index (χ0) is 11.4. The molecule has 16 heavy (non-hydrogen) atoms. The molecule has 0 amide bonds. The Morgan fingerprint density at radius 3 is 2.69 bits per heavy atom. The fourth-order valence-corrected chi connectivity index (χ4v) is 2.85. The summed E-state index contributed by atoms with van der Waals surface area (Å²) in [5, 5.41) is 0. The summed E-state index contributed by atoms with van der Waals surface area (Å²) < 4.78 is 11.0. The van der Waals surface area contributed by atoms with Crippen molar-refractivity contribution in [1.29, 1.82) is 0 Å². The van der Waals surface area contributed by atoms with Crippen molar-refractivity contribution >= 4 is 0 Å². The molecule has 2 heterocycles. The van der Waals surface area contributed by atoms with Crippen LogP contribution in [0.5, 0.6) is 0 Å². The molecular formula is C13H25NO2. The Kier molecular flexibility index (Phi) is 4.62. The van der Waals surface area contributed by atoms with Crippen LogP contribution < -0.4 is 0 Å². The Morgan fingerprint density at radius 2 is 2.00 bits per heavy atom. The fourth-order valence-electron chi connectivity index (χ4n) is 2.85. The second-order valence-corrected chi connectivity index (χ2v) is 5.42. The van der Waals surface area contributed by atoms with E-state index in [9.17, 15) is 0 Å². The summed E-state index contributed by atoms with van der Waals surface area (Å²) in [6.07, 6.45) is 5.19. The third-order valence-corrected chi connectivity index (χ3v) is 3.59. The summed E-state index contributed by atoms with van der Waals surface area (Å²) in [7, 11) is 0. The summed E-state index contributed by atoms with van der Waals surface area (Å²) in [5.74, 6) is 0.810. The zero-order valence-electron chi connectivity index (χ0n) is 10.7. The van der Waals surface area contributed by atoms with Crippen LogP contribution in [0.4, 0.5) is 0 Å². The predicted octanol–water partition coefficient (Wildman–Crippen LogP) is 2.26. The molecule has 0 radical (unpaired) electrons. The molecule has 2 rings (SSSR count). The summed E-state index contributed by atoms with van der Waals surface area (Å²) in [6.45, 7) is 8.60. The molecule has 0 aromatic rings. The van der Waals surface area contributed by atoms with Gasteiger partial charge in [-0.25, -0.2) is 0 Å². The van der Waals surface area contributed by atoms with Gasteiger partial charge in [0, 0.05) is 19.0 Å². The summed E-state index contributed by atoms with van der Waals surface area (Å²) in [4.78, 5) is 2.63. The van der Waals surface area contributed by atoms with Crippen molar-refractivity contribution in [3.8, 4) is 0 Å². The van der Waals surface area contributed by atoms with Crippen molar-refractivity contribution in [2.24, 2.45) is 5.92 Å². The molecule has 3 heteroatoms. The van der Waals surface area contributed by atoms with Crippen molar-refractivity contribution in [1.82, 2.24) is 4.90 Å². The molecule has 0 aliphatic carbocycles. The van der Waals surface area contributed by atoms with Gasteiger partial charge >= 0.3 is 0 Å². The van der Waals surface area contributed by atoms with E-state index in [1.54, 1.807) is 0 Å². The molecule has 2 aliphatic rings. The van der Waals surface area contributed by atoms with Gasteiger partial charge in [0.25, 0.3) is 0 Å². The van der Waals surface area contributed by atoms with Gasteiger partial charge in [0.2, 0.25) is 0 Å². The van der Waals surface area contributed by atoms with Gasteiger partial charge in [-0.15, -0.1) is 0 Å². The third kappa shape index (κ3) is 3.44. The maximum Gasteiger partial charge on any atom is 0.159 e. The quantitative estimate of drug-likeness (QED) is 0.719. The van der Waals surface area contributed by atoms with E-state index in [0.29, 0.717) is 0 Å². The van der Waals surface area contributed by atoms with Crippen LogP contribution in [-0.4, -0.2) is 43.5 Å². The highest BCUT2D eigenvalue weighted by atomic mass is 16.7. The molecule has 2 saturated heterocycles. The van der Waals surface area contributed by atoms with Crippen molar-refractivity contribution in [2.45, 2.75) is 51.9 Å². The number of ether oxygens (including phenoxy) is 2. The zero-order valence-corrected chi connectivity index (χ0v) is 10.7. The SMILES string of the molecule is CC(C)C[C@H]1CCCN1CCC1OCCO1. The first kappa shape index (κ1) is 12.3. The molecule has 2 fully saturated rings. The van der Waals surface area contributed by atoms with Gasteiger partial charge in [0.1, 0.15) is 0 Å². The lowest BCUT2D eigenvalue weighted by Gasteiger charge is -2.26. The van der Waals surface area contributed by atoms with E-state index in [1.807, 2.05) is 0 Å². The molecule has 0 aromatic carbocycles. The smallest absolute Gasteiger partial charge is 0.159 e. The first-order chi connectivity index (χ1) is 7.75. The van der Waals surface area contributed by atoms with Gasteiger partial charge in [-0.05, 0) is 31.7 Å². The molecule has 0 unspecified atom stereocenters. The number of nitrogens with zero attached hydrogens (tertiary/aromatic N) is 1. The Hall–Kier alpha value is -0.120. The van der Waals surface area contributed by atoms with Crippen LogP contribution in [-0.2, 0) is 9.47 Å². The van der Waals surface area contributed by atoms with E-state index in [2.05, 4.69) is 18.7 Å². The average Bonchev–Trinajstić information content (AvgIpc) is 2.84. The van der Waals surface area contributed by atoms with E-state index >= 15 is 0 Å². The van der Waals surface area contributed by atoms with Crippen molar-refractivity contribution < 1.29 is 9.47 Å². The van der Waals surface area contributed by atoms with Crippen LogP contribution in [0.1, 0.15) is 39.5 Å². The molecule has 2 aliphatic heterocycles. The molecule has 3 nitrogen and oxygen atoms in total. The van der Waals surface area contributed by atoms with Crippen LogP contribution in [0, 0.1) is 5.92 Å². The van der Waals surface area contributed by atoms with Gasteiger partial charge in [-0.2, -0.15) is 0 Å². The van der Waals surface area contributed by atoms with E-state index in [-0.39, 0.29) is 6.29 Å². The Labute approximate surface area is 99.1 Å². The van der Waals surface area contributed by atoms with E-state index in [0.717, 1.165) is 38.1 Å². The maximum atomic E-state index is 5.48. The lowest BCUT2D eigenvalue weighted by molar-refractivity contribution is -0.0522. The molecule has 0 bridgehead atoms. The van der Waals surface area contributed by atoms with E-state index in [4.69, 9.17) is 9.47 Å². The monoisotopic (exact) mass is 227 g/mol. The van der Waals surface area contributed by atoms with Crippen LogP contribution in [0.3, 0.4) is 0 Å². The molecule has 94 valence electrons. The van der Waals surface area contributed by atoms with Crippen LogP contribution >= 0.6 is 0 Å². The predicted molar refractivity (Wildman–Crippen MR) is 64.4 cm³/mol. The normalized spacial score (nSPS) is 28.3. The highest BCUT2D eigenvalue weighted by Gasteiger charge is 2.26. The molecule has 0 aromatic heterocycles. The van der Waals surface area contributed by atoms with Crippen LogP contribution in [0.15, 0.2) is 0 Å². The molecule has 0 spiro atoms. The number of likely N-dealkylation sites (tertiary alicyclic amines) is 1. The van der Waals surface area contributed by atoms with Gasteiger partial charge in [-0.3, -0.25) is 0 Å². The maximum absolute atomic E-state index is 5.48. The van der Waals surface area contributed by atoms with E-state index in [1.165, 1.54) is 25.8 Å². The summed E-state index contributed by atoms with van der Waals surface area (Å²) >= 11 is 0. The average molecular weight is 227 g/mol. The first-order valence-electron chi connectivity index (χ1n) is 6.73. The fraction of sp³-hybridized carbons (Fsp3) is 1.00. The molecule has 0 saturated carbocycles. The summed E-state index contributed by atoms with van der Waals surface area (Å²) in [6, 6.07) is 0.807. The number of rotatable bonds is 5. The van der Waals surface area contributed by atoms with Crippen molar-refractivity contribution in [3.05, 3.63) is 0 Å². The third-order valence-electron chi connectivity index (χ3n) is 3.59. The van der Waals surface area contributed by atoms with Gasteiger partial charge in [0.05, 0.1) is 13.2 Å². The second-order valence-electron chi connectivity index (χ2n) is 5.42. The van der Waals surface area contributed by atoms with E-state index < -0.39 is 0 Å². The standard InChI is InChI=1S/C13H25NO2/c1-11(2)10-12-4-3-6-14(12)7-5-13-15-8-9-16-13/h11-13H,3-10H2,1-2H3/t12-/m1/s1. The minimum absolute atomic E-state index is 0.0697. The summed E-state index contributed by atoms with van der Waals surface area (Å²) in [5.41, 5.74) is 0. The van der Waals surface area contributed by atoms with Crippen molar-refractivity contribution in [3.63, 3.8) is 0 Å². The van der Waals surface area contributed by atoms with Gasteiger partial charge in [-0.1, -0.05) is 13.8 Å². The van der Waals surface area contributed by atoms with Gasteiger partial charge < -0.3 is 14.4 Å². The second kappa shape index (κ2) is 5.99. The first-order valence-corrected chi connectivity index (χ1v) is 6.73. The molecule has 0 N–H and O–H groups in total. The Morgan fingerprint density at radius 1 is 1.25 bits per heavy atom. The Bertz CT molecular complexity index is 202. The van der Waals surface area contributed by atoms with Crippen LogP contribution in [0.25, 0.3) is 0 Å². The molecule has 1 atom stereocenters. The highest BCUT2D eigenvalue weighted by molar-refractivity contribution is 4.80. The minimum atomic E-state index is 0.0697. The largest absolute Gasteiger partial charge is 0.350 e. The topological polar surface area (TPSA) is 21.7 Å². The minimum Gasteiger partial charge on any atom is -0.350 e. The van der Waals surface area contributed by atoms with Gasteiger partial charge in [0.15, 0.2) is 6.29 Å². The number of hydrogen-bond donors (Lipinski definition) is 0.